The van der Waals surface area contributed by atoms with Crippen molar-refractivity contribution in [2.75, 3.05) is 19.7 Å². The van der Waals surface area contributed by atoms with Gasteiger partial charge in [-0.2, -0.15) is 0 Å². The van der Waals surface area contributed by atoms with Gasteiger partial charge < -0.3 is 18.8 Å². The SMILES string of the molecule is CCOC(=O)N1CCC2(CC1)CC(=O)c1cc(-c3ccco3)ccc1O2. The second-order valence-corrected chi connectivity index (χ2v) is 6.76. The smallest absolute Gasteiger partial charge is 0.409 e. The third-order valence-electron chi connectivity index (χ3n) is 5.10. The van der Waals surface area contributed by atoms with Crippen LogP contribution in [0.3, 0.4) is 0 Å². The lowest BCUT2D eigenvalue weighted by Crippen LogP contribution is -2.52. The number of piperidine rings is 1. The fraction of sp³-hybridized carbons (Fsp3) is 0.400. The Hall–Kier alpha value is -2.76. The van der Waals surface area contributed by atoms with Crippen molar-refractivity contribution in [3.63, 3.8) is 0 Å². The number of hydrogen-bond acceptors (Lipinski definition) is 5. The van der Waals surface area contributed by atoms with Gasteiger partial charge in [-0.15, -0.1) is 0 Å². The predicted molar refractivity (Wildman–Crippen MR) is 94.3 cm³/mol. The lowest BCUT2D eigenvalue weighted by molar-refractivity contribution is -0.00857. The van der Waals surface area contributed by atoms with Crippen molar-refractivity contribution < 1.29 is 23.5 Å². The van der Waals surface area contributed by atoms with Gasteiger partial charge >= 0.3 is 6.09 Å². The molecule has 0 aliphatic carbocycles. The molecule has 4 rings (SSSR count). The van der Waals surface area contributed by atoms with Crippen LogP contribution in [0.4, 0.5) is 4.79 Å². The Kier molecular flexibility index (Phi) is 4.18. The van der Waals surface area contributed by atoms with E-state index in [0.717, 1.165) is 11.3 Å². The van der Waals surface area contributed by atoms with E-state index in [1.54, 1.807) is 18.1 Å². The molecular formula is C20H21NO5. The summed E-state index contributed by atoms with van der Waals surface area (Å²) in [5.74, 6) is 1.41. The largest absolute Gasteiger partial charge is 0.486 e. The molecule has 26 heavy (non-hydrogen) atoms. The molecule has 1 saturated heterocycles. The van der Waals surface area contributed by atoms with Crippen molar-refractivity contribution >= 4 is 11.9 Å². The number of carbonyl (C=O) groups is 2. The molecule has 1 aromatic heterocycles. The van der Waals surface area contributed by atoms with Crippen molar-refractivity contribution in [2.24, 2.45) is 0 Å². The van der Waals surface area contributed by atoms with Crippen LogP contribution in [0.25, 0.3) is 11.3 Å². The molecule has 0 N–H and O–H groups in total. The number of fused-ring (bicyclic) bond motifs is 1. The number of nitrogens with zero attached hydrogens (tertiary/aromatic N) is 1. The molecule has 1 fully saturated rings. The lowest BCUT2D eigenvalue weighted by Gasteiger charge is -2.43. The minimum absolute atomic E-state index is 0.0734. The summed E-state index contributed by atoms with van der Waals surface area (Å²) in [6.07, 6.45) is 2.89. The number of rotatable bonds is 2. The summed E-state index contributed by atoms with van der Waals surface area (Å²) >= 11 is 0. The van der Waals surface area contributed by atoms with Crippen molar-refractivity contribution in [2.45, 2.75) is 31.8 Å². The second-order valence-electron chi connectivity index (χ2n) is 6.76. The zero-order valence-corrected chi connectivity index (χ0v) is 14.7. The van der Waals surface area contributed by atoms with Gasteiger partial charge in [-0.3, -0.25) is 4.79 Å². The number of likely N-dealkylation sites (tertiary alicyclic amines) is 1. The first kappa shape index (κ1) is 16.7. The monoisotopic (exact) mass is 355 g/mol. The number of ether oxygens (including phenoxy) is 2. The number of amides is 1. The van der Waals surface area contributed by atoms with Crippen LogP contribution in [0.15, 0.2) is 41.0 Å². The zero-order chi connectivity index (χ0) is 18.1. The summed E-state index contributed by atoms with van der Waals surface area (Å²) in [5, 5.41) is 0. The Labute approximate surface area is 151 Å². The van der Waals surface area contributed by atoms with E-state index in [9.17, 15) is 9.59 Å². The molecule has 2 aliphatic rings. The molecule has 0 saturated carbocycles. The molecule has 0 atom stereocenters. The maximum atomic E-state index is 12.8. The Bertz CT molecular complexity index is 819. The summed E-state index contributed by atoms with van der Waals surface area (Å²) in [7, 11) is 0. The van der Waals surface area contributed by atoms with E-state index >= 15 is 0 Å². The minimum Gasteiger partial charge on any atom is -0.486 e. The van der Waals surface area contributed by atoms with Gasteiger partial charge in [0.05, 0.1) is 24.9 Å². The molecule has 1 aromatic carbocycles. The van der Waals surface area contributed by atoms with Crippen molar-refractivity contribution in [3.05, 3.63) is 42.2 Å². The van der Waals surface area contributed by atoms with Gasteiger partial charge in [-0.05, 0) is 37.3 Å². The molecule has 1 spiro atoms. The molecule has 2 aromatic rings. The van der Waals surface area contributed by atoms with Crippen LogP contribution in [-0.4, -0.2) is 42.1 Å². The van der Waals surface area contributed by atoms with Crippen LogP contribution in [0, 0.1) is 0 Å². The molecule has 6 nitrogen and oxygen atoms in total. The van der Waals surface area contributed by atoms with Crippen LogP contribution < -0.4 is 4.74 Å². The van der Waals surface area contributed by atoms with E-state index in [1.807, 2.05) is 30.3 Å². The summed E-state index contributed by atoms with van der Waals surface area (Å²) in [5.41, 5.74) is 0.926. The average Bonchev–Trinajstić information content (AvgIpc) is 3.17. The number of benzene rings is 1. The third-order valence-corrected chi connectivity index (χ3v) is 5.10. The molecule has 0 bridgehead atoms. The highest BCUT2D eigenvalue weighted by Gasteiger charge is 2.44. The van der Waals surface area contributed by atoms with Crippen molar-refractivity contribution in [3.8, 4) is 17.1 Å². The van der Waals surface area contributed by atoms with E-state index in [4.69, 9.17) is 13.9 Å². The van der Waals surface area contributed by atoms with Gasteiger partial charge in [0.1, 0.15) is 17.1 Å². The van der Waals surface area contributed by atoms with Crippen LogP contribution in [-0.2, 0) is 4.74 Å². The standard InChI is InChI=1S/C20H21NO5/c1-2-24-19(23)21-9-7-20(8-10-21)13-16(22)15-12-14(5-6-18(15)26-20)17-4-3-11-25-17/h3-6,11-12H,2,7-10,13H2,1H3. The summed E-state index contributed by atoms with van der Waals surface area (Å²) in [6.45, 7) is 3.22. The van der Waals surface area contributed by atoms with Gasteiger partial charge in [-0.1, -0.05) is 0 Å². The Morgan fingerprint density at radius 1 is 1.27 bits per heavy atom. The van der Waals surface area contributed by atoms with Crippen LogP contribution in [0.5, 0.6) is 5.75 Å². The van der Waals surface area contributed by atoms with Crippen molar-refractivity contribution in [1.82, 2.24) is 4.90 Å². The summed E-state index contributed by atoms with van der Waals surface area (Å²) in [4.78, 5) is 26.3. The molecule has 1 amide bonds. The lowest BCUT2D eigenvalue weighted by atomic mass is 9.82. The van der Waals surface area contributed by atoms with E-state index < -0.39 is 5.60 Å². The van der Waals surface area contributed by atoms with E-state index in [2.05, 4.69) is 0 Å². The molecule has 0 radical (unpaired) electrons. The second kappa shape index (κ2) is 6.52. The molecule has 2 aliphatic heterocycles. The zero-order valence-electron chi connectivity index (χ0n) is 14.7. The highest BCUT2D eigenvalue weighted by atomic mass is 16.6. The summed E-state index contributed by atoms with van der Waals surface area (Å²) < 4.78 is 16.7. The average molecular weight is 355 g/mol. The number of hydrogen-bond donors (Lipinski definition) is 0. The van der Waals surface area contributed by atoms with Gasteiger partial charge in [-0.25, -0.2) is 4.79 Å². The number of carbonyl (C=O) groups excluding carboxylic acids is 2. The number of furan rings is 1. The molecule has 136 valence electrons. The quantitative estimate of drug-likeness (QED) is 0.817. The first-order chi connectivity index (χ1) is 12.6. The number of Topliss-reactive ketones (excluding diaryl/α,β-unsaturated/α-hetero) is 1. The Morgan fingerprint density at radius 3 is 2.77 bits per heavy atom. The molecule has 3 heterocycles. The number of ketones is 1. The highest BCUT2D eigenvalue weighted by Crippen LogP contribution is 2.40. The first-order valence-electron chi connectivity index (χ1n) is 8.92. The Morgan fingerprint density at radius 2 is 2.08 bits per heavy atom. The van der Waals surface area contributed by atoms with E-state index in [1.165, 1.54) is 0 Å². The Balaban J connectivity index is 1.52. The summed E-state index contributed by atoms with van der Waals surface area (Å²) in [6, 6.07) is 9.25. The van der Waals surface area contributed by atoms with Gasteiger partial charge in [0, 0.05) is 31.5 Å². The van der Waals surface area contributed by atoms with E-state index in [-0.39, 0.29) is 11.9 Å². The maximum Gasteiger partial charge on any atom is 0.409 e. The van der Waals surface area contributed by atoms with Crippen LogP contribution >= 0.6 is 0 Å². The normalized spacial score (nSPS) is 18.3. The van der Waals surface area contributed by atoms with Crippen LogP contribution in [0.1, 0.15) is 36.5 Å². The molecule has 0 unspecified atom stereocenters. The van der Waals surface area contributed by atoms with Gasteiger partial charge in [0.2, 0.25) is 0 Å². The predicted octanol–water partition coefficient (Wildman–Crippen LogP) is 3.90. The van der Waals surface area contributed by atoms with Gasteiger partial charge in [0.25, 0.3) is 0 Å². The fourth-order valence-electron chi connectivity index (χ4n) is 3.68. The van der Waals surface area contributed by atoms with Gasteiger partial charge in [0.15, 0.2) is 5.78 Å². The van der Waals surface area contributed by atoms with Crippen molar-refractivity contribution in [1.29, 1.82) is 0 Å². The fourth-order valence-corrected chi connectivity index (χ4v) is 3.68. The third kappa shape index (κ3) is 2.96. The van der Waals surface area contributed by atoms with Crippen LogP contribution in [0.2, 0.25) is 0 Å². The molecular weight excluding hydrogens is 334 g/mol. The minimum atomic E-state index is -0.528. The topological polar surface area (TPSA) is 69.0 Å². The molecule has 6 heteroatoms. The van der Waals surface area contributed by atoms with E-state index in [0.29, 0.717) is 50.3 Å². The first-order valence-corrected chi connectivity index (χ1v) is 8.92. The maximum absolute atomic E-state index is 12.8. The highest BCUT2D eigenvalue weighted by molar-refractivity contribution is 6.01.